The standard InChI is InChI=1S/C64H40N2O/c1-37-27-28-40(38-15-5-3-6-16-38)35-51(37)44-23-13-21-42-46-31-33-55-57(61(46)65(2)59(42)44)49-19-9-11-25-53(49)64(55)54-26-12-10-20-50(54)58-56(64)34-32-47-43-22-14-24-45-52-36-41(39-17-7-4-8-18-39)29-30-48(52)63(67)66(60(43)45)62(47)58/h3-36H,1-2H3. The molecule has 0 saturated carbocycles. The molecule has 67 heavy (non-hydrogen) atoms. The van der Waals surface area contributed by atoms with Crippen molar-refractivity contribution in [2.75, 3.05) is 0 Å². The second kappa shape index (κ2) is 13.1. The van der Waals surface area contributed by atoms with Gasteiger partial charge in [0.25, 0.3) is 5.56 Å². The summed E-state index contributed by atoms with van der Waals surface area (Å²) in [6.07, 6.45) is 0. The van der Waals surface area contributed by atoms with E-state index in [1.807, 2.05) is 12.1 Å². The van der Waals surface area contributed by atoms with Gasteiger partial charge in [0.05, 0.1) is 27.5 Å². The molecule has 0 radical (unpaired) electrons. The number of rotatable bonds is 3. The summed E-state index contributed by atoms with van der Waals surface area (Å²) in [4.78, 5) is 15.3. The van der Waals surface area contributed by atoms with Gasteiger partial charge in [0.2, 0.25) is 0 Å². The number of pyridine rings is 1. The van der Waals surface area contributed by atoms with Crippen molar-refractivity contribution < 1.29 is 0 Å². The first-order chi connectivity index (χ1) is 33.0. The Morgan fingerprint density at radius 2 is 0.836 bits per heavy atom. The maximum Gasteiger partial charge on any atom is 0.263 e. The summed E-state index contributed by atoms with van der Waals surface area (Å²) in [5, 5.41) is 7.50. The highest BCUT2D eigenvalue weighted by Crippen LogP contribution is 2.65. The van der Waals surface area contributed by atoms with Gasteiger partial charge >= 0.3 is 0 Å². The lowest BCUT2D eigenvalue weighted by Crippen LogP contribution is -2.25. The summed E-state index contributed by atoms with van der Waals surface area (Å²) >= 11 is 0. The van der Waals surface area contributed by atoms with Gasteiger partial charge in [-0.2, -0.15) is 0 Å². The predicted octanol–water partition coefficient (Wildman–Crippen LogP) is 15.5. The smallest absolute Gasteiger partial charge is 0.263 e. The normalized spacial score (nSPS) is 14.8. The van der Waals surface area contributed by atoms with Gasteiger partial charge in [-0.15, -0.1) is 0 Å². The number of aromatic nitrogens is 2. The summed E-state index contributed by atoms with van der Waals surface area (Å²) in [5.74, 6) is 0. The number of para-hydroxylation sites is 2. The first-order valence-corrected chi connectivity index (χ1v) is 23.3. The van der Waals surface area contributed by atoms with Crippen LogP contribution in [0.4, 0.5) is 0 Å². The molecule has 0 aliphatic heterocycles. The van der Waals surface area contributed by atoms with Crippen molar-refractivity contribution in [1.82, 2.24) is 8.97 Å². The van der Waals surface area contributed by atoms with E-state index in [0.29, 0.717) is 0 Å². The molecule has 312 valence electrons. The second-order valence-corrected chi connectivity index (χ2v) is 18.7. The van der Waals surface area contributed by atoms with E-state index in [2.05, 4.69) is 217 Å². The van der Waals surface area contributed by atoms with Crippen LogP contribution in [0.5, 0.6) is 0 Å². The van der Waals surface area contributed by atoms with E-state index < -0.39 is 5.41 Å². The Morgan fingerprint density at radius 3 is 1.51 bits per heavy atom. The molecule has 1 spiro atoms. The van der Waals surface area contributed by atoms with E-state index in [0.717, 1.165) is 54.7 Å². The Hall–Kier alpha value is -8.53. The zero-order chi connectivity index (χ0) is 44.3. The first-order valence-electron chi connectivity index (χ1n) is 23.3. The maximum absolute atomic E-state index is 15.3. The minimum absolute atomic E-state index is 0.0184. The van der Waals surface area contributed by atoms with E-state index >= 15 is 4.79 Å². The van der Waals surface area contributed by atoms with E-state index in [4.69, 9.17) is 0 Å². The van der Waals surface area contributed by atoms with Gasteiger partial charge in [0.1, 0.15) is 0 Å². The zero-order valence-corrected chi connectivity index (χ0v) is 36.9. The SMILES string of the molecule is Cc1ccc(-c2ccccc2)cc1-c1cccc2c3ccc4c(c3n(C)c12)-c1ccccc1C41c2ccccc2-c2c1ccc1c3cccc4c5cc(-c6ccccc6)ccc5c(=O)n(c21)c43. The van der Waals surface area contributed by atoms with Crippen molar-refractivity contribution in [3.05, 3.63) is 244 Å². The third-order valence-corrected chi connectivity index (χ3v) is 15.6. The largest absolute Gasteiger partial charge is 0.343 e. The zero-order valence-electron chi connectivity index (χ0n) is 36.9. The van der Waals surface area contributed by atoms with Crippen LogP contribution in [0.1, 0.15) is 27.8 Å². The minimum atomic E-state index is -0.611. The van der Waals surface area contributed by atoms with Crippen molar-refractivity contribution in [2.24, 2.45) is 7.05 Å². The van der Waals surface area contributed by atoms with Crippen LogP contribution in [0.2, 0.25) is 0 Å². The lowest BCUT2D eigenvalue weighted by molar-refractivity contribution is 0.794. The summed E-state index contributed by atoms with van der Waals surface area (Å²) in [5.41, 5.74) is 22.1. The Balaban J connectivity index is 1.03. The fourth-order valence-corrected chi connectivity index (χ4v) is 12.9. The second-order valence-electron chi connectivity index (χ2n) is 18.7. The maximum atomic E-state index is 15.3. The van der Waals surface area contributed by atoms with Crippen molar-refractivity contribution >= 4 is 59.8 Å². The molecule has 3 heterocycles. The number of fused-ring (bicyclic) bond motifs is 20. The molecule has 3 nitrogen and oxygen atoms in total. The fraction of sp³-hybridized carbons (Fsp3) is 0.0469. The minimum Gasteiger partial charge on any atom is -0.343 e. The first kappa shape index (κ1) is 36.8. The highest BCUT2D eigenvalue weighted by Gasteiger charge is 2.53. The third-order valence-electron chi connectivity index (χ3n) is 15.6. The summed E-state index contributed by atoms with van der Waals surface area (Å²) in [7, 11) is 2.26. The van der Waals surface area contributed by atoms with Crippen LogP contribution in [-0.4, -0.2) is 8.97 Å². The fourth-order valence-electron chi connectivity index (χ4n) is 12.9. The Bertz CT molecular complexity index is 4360. The van der Waals surface area contributed by atoms with Gasteiger partial charge in [0, 0.05) is 56.1 Å². The van der Waals surface area contributed by atoms with E-state index in [9.17, 15) is 0 Å². The molecule has 0 amide bonds. The lowest BCUT2D eigenvalue weighted by Gasteiger charge is -2.30. The van der Waals surface area contributed by atoms with E-state index in [1.165, 1.54) is 88.6 Å². The van der Waals surface area contributed by atoms with Crippen molar-refractivity contribution in [1.29, 1.82) is 0 Å². The van der Waals surface area contributed by atoms with Gasteiger partial charge < -0.3 is 4.57 Å². The van der Waals surface area contributed by atoms with Gasteiger partial charge in [-0.25, -0.2) is 0 Å². The van der Waals surface area contributed by atoms with Gasteiger partial charge in [-0.05, 0) is 97.3 Å². The summed E-state index contributed by atoms with van der Waals surface area (Å²) in [6.45, 7) is 2.23. The van der Waals surface area contributed by atoms with Crippen LogP contribution in [0.25, 0.3) is 115 Å². The van der Waals surface area contributed by atoms with Gasteiger partial charge in [0.15, 0.2) is 0 Å². The molecule has 15 rings (SSSR count). The molecular weight excluding hydrogens is 813 g/mol. The van der Waals surface area contributed by atoms with Gasteiger partial charge in [-0.1, -0.05) is 188 Å². The van der Waals surface area contributed by atoms with Crippen LogP contribution in [0, 0.1) is 6.92 Å². The molecule has 1 atom stereocenters. The Morgan fingerprint density at radius 1 is 0.343 bits per heavy atom. The number of benzene rings is 10. The molecular formula is C64H40N2O. The predicted molar refractivity (Wildman–Crippen MR) is 279 cm³/mol. The molecule has 1 unspecified atom stereocenters. The Kier molecular flexibility index (Phi) is 7.17. The summed E-state index contributed by atoms with van der Waals surface area (Å²) < 4.78 is 4.53. The summed E-state index contributed by atoms with van der Waals surface area (Å²) in [6, 6.07) is 75.3. The van der Waals surface area contributed by atoms with Crippen LogP contribution in [-0.2, 0) is 12.5 Å². The number of aryl methyl sites for hydroxylation is 2. The highest BCUT2D eigenvalue weighted by atomic mass is 16.1. The molecule has 0 N–H and O–H groups in total. The quantitative estimate of drug-likeness (QED) is 0.163. The molecule has 3 aromatic heterocycles. The van der Waals surface area contributed by atoms with Crippen LogP contribution >= 0.6 is 0 Å². The van der Waals surface area contributed by atoms with E-state index in [-0.39, 0.29) is 5.56 Å². The molecule has 0 saturated heterocycles. The number of hydrogen-bond acceptors (Lipinski definition) is 1. The molecule has 3 heteroatoms. The van der Waals surface area contributed by atoms with Crippen LogP contribution in [0.15, 0.2) is 211 Å². The molecule has 10 aromatic carbocycles. The average Bonchev–Trinajstić information content (AvgIpc) is 4.08. The van der Waals surface area contributed by atoms with E-state index in [1.54, 1.807) is 0 Å². The van der Waals surface area contributed by atoms with Crippen molar-refractivity contribution in [2.45, 2.75) is 12.3 Å². The van der Waals surface area contributed by atoms with Gasteiger partial charge in [-0.3, -0.25) is 9.20 Å². The molecule has 0 fully saturated rings. The van der Waals surface area contributed by atoms with Crippen molar-refractivity contribution in [3.63, 3.8) is 0 Å². The van der Waals surface area contributed by atoms with Crippen LogP contribution < -0.4 is 5.56 Å². The lowest BCUT2D eigenvalue weighted by atomic mass is 9.70. The molecule has 2 aliphatic carbocycles. The number of nitrogens with zero attached hydrogens (tertiary/aromatic N) is 2. The van der Waals surface area contributed by atoms with Crippen LogP contribution in [0.3, 0.4) is 0 Å². The third kappa shape index (κ3) is 4.53. The number of hydrogen-bond donors (Lipinski definition) is 0. The molecule has 13 aromatic rings. The monoisotopic (exact) mass is 852 g/mol. The topological polar surface area (TPSA) is 26.4 Å². The highest BCUT2D eigenvalue weighted by molar-refractivity contribution is 6.24. The average molecular weight is 853 g/mol. The van der Waals surface area contributed by atoms with Crippen molar-refractivity contribution in [3.8, 4) is 55.6 Å². The Labute approximate surface area is 386 Å². The molecule has 0 bridgehead atoms. The molecule has 2 aliphatic rings.